The van der Waals surface area contributed by atoms with Crippen molar-refractivity contribution in [2.75, 3.05) is 20.1 Å². The summed E-state index contributed by atoms with van der Waals surface area (Å²) in [5, 5.41) is 12.5. The lowest BCUT2D eigenvalue weighted by molar-refractivity contribution is 0.0498. The summed E-state index contributed by atoms with van der Waals surface area (Å²) in [4.78, 5) is 12.9. The maximum absolute atomic E-state index is 11.5. The van der Waals surface area contributed by atoms with Gasteiger partial charge < -0.3 is 20.1 Å². The molecule has 1 heterocycles. The predicted octanol–water partition coefficient (Wildman–Crippen LogP) is -0.204. The summed E-state index contributed by atoms with van der Waals surface area (Å²) < 4.78 is 5.02. The third-order valence-corrected chi connectivity index (χ3v) is 2.27. The fraction of sp³-hybridized carbons (Fsp3) is 0.889. The molecule has 1 amide bonds. The van der Waals surface area contributed by atoms with Crippen LogP contribution in [0.1, 0.15) is 13.8 Å². The van der Waals surface area contributed by atoms with Crippen LogP contribution in [0.3, 0.4) is 0 Å². The monoisotopic (exact) mass is 202 g/mol. The van der Waals surface area contributed by atoms with Crippen LogP contribution in [0.2, 0.25) is 0 Å². The second-order valence-corrected chi connectivity index (χ2v) is 3.84. The van der Waals surface area contributed by atoms with Crippen molar-refractivity contribution in [2.45, 2.75) is 32.1 Å². The fourth-order valence-corrected chi connectivity index (χ4v) is 1.47. The largest absolute Gasteiger partial charge is 0.447 e. The van der Waals surface area contributed by atoms with Crippen molar-refractivity contribution in [3.63, 3.8) is 0 Å². The Morgan fingerprint density at radius 1 is 1.57 bits per heavy atom. The number of amides is 1. The van der Waals surface area contributed by atoms with E-state index in [2.05, 4.69) is 5.32 Å². The van der Waals surface area contributed by atoms with E-state index in [0.29, 0.717) is 13.1 Å². The molecule has 0 aromatic rings. The number of β-amino-alcohol motifs (C(OH)–C–C–N with tert-alkyl or cyclic N) is 1. The summed E-state index contributed by atoms with van der Waals surface area (Å²) in [6.07, 6.45) is -1.01. The van der Waals surface area contributed by atoms with Crippen molar-refractivity contribution in [1.82, 2.24) is 10.2 Å². The van der Waals surface area contributed by atoms with E-state index in [9.17, 15) is 9.90 Å². The molecule has 0 bridgehead atoms. The highest BCUT2D eigenvalue weighted by Crippen LogP contribution is 2.09. The van der Waals surface area contributed by atoms with Crippen LogP contribution < -0.4 is 5.32 Å². The van der Waals surface area contributed by atoms with Crippen molar-refractivity contribution in [1.29, 1.82) is 0 Å². The molecule has 0 unspecified atom stereocenters. The fourth-order valence-electron chi connectivity index (χ4n) is 1.47. The SMILES string of the molecule is CC(C)OC(=O)N(C)[C@@H]1CNC[C@H]1O. The summed E-state index contributed by atoms with van der Waals surface area (Å²) in [5.41, 5.74) is 0. The van der Waals surface area contributed by atoms with Gasteiger partial charge >= 0.3 is 6.09 Å². The molecule has 1 aliphatic rings. The zero-order chi connectivity index (χ0) is 10.7. The minimum Gasteiger partial charge on any atom is -0.447 e. The number of nitrogens with one attached hydrogen (secondary N) is 1. The molecular weight excluding hydrogens is 184 g/mol. The Hall–Kier alpha value is -0.810. The Labute approximate surface area is 84.0 Å². The van der Waals surface area contributed by atoms with E-state index in [-0.39, 0.29) is 18.2 Å². The maximum Gasteiger partial charge on any atom is 0.410 e. The van der Waals surface area contributed by atoms with Crippen LogP contribution in [-0.2, 0) is 4.74 Å². The van der Waals surface area contributed by atoms with E-state index in [4.69, 9.17) is 4.74 Å². The number of carbonyl (C=O) groups excluding carboxylic acids is 1. The zero-order valence-corrected chi connectivity index (χ0v) is 8.86. The van der Waals surface area contributed by atoms with Crippen LogP contribution >= 0.6 is 0 Å². The first kappa shape index (κ1) is 11.3. The number of rotatable bonds is 2. The van der Waals surface area contributed by atoms with Crippen LogP contribution in [0.15, 0.2) is 0 Å². The average molecular weight is 202 g/mol. The lowest BCUT2D eigenvalue weighted by Gasteiger charge is -2.26. The molecule has 5 nitrogen and oxygen atoms in total. The first-order valence-electron chi connectivity index (χ1n) is 4.84. The van der Waals surface area contributed by atoms with Crippen molar-refractivity contribution in [3.8, 4) is 0 Å². The van der Waals surface area contributed by atoms with E-state index < -0.39 is 6.10 Å². The van der Waals surface area contributed by atoms with Crippen LogP contribution in [-0.4, -0.2) is 54.5 Å². The molecule has 14 heavy (non-hydrogen) atoms. The molecule has 5 heteroatoms. The molecule has 0 aromatic carbocycles. The quantitative estimate of drug-likeness (QED) is 0.651. The van der Waals surface area contributed by atoms with Gasteiger partial charge in [-0.25, -0.2) is 4.79 Å². The standard InChI is InChI=1S/C9H18N2O3/c1-6(2)14-9(13)11(3)7-4-10-5-8(7)12/h6-8,10,12H,4-5H2,1-3H3/t7-,8-/m1/s1. The van der Waals surface area contributed by atoms with Gasteiger partial charge in [0.1, 0.15) is 0 Å². The highest BCUT2D eigenvalue weighted by Gasteiger charge is 2.32. The maximum atomic E-state index is 11.5. The highest BCUT2D eigenvalue weighted by molar-refractivity contribution is 5.68. The molecule has 2 atom stereocenters. The summed E-state index contributed by atoms with van der Waals surface area (Å²) in [5.74, 6) is 0. The Morgan fingerprint density at radius 2 is 2.21 bits per heavy atom. The van der Waals surface area contributed by atoms with Crippen LogP contribution in [0.5, 0.6) is 0 Å². The number of hydrogen-bond donors (Lipinski definition) is 2. The molecule has 82 valence electrons. The number of aliphatic hydroxyl groups is 1. The molecule has 1 saturated heterocycles. The Bertz CT molecular complexity index is 208. The first-order chi connectivity index (χ1) is 6.52. The minimum absolute atomic E-state index is 0.128. The Kier molecular flexibility index (Phi) is 3.71. The van der Waals surface area contributed by atoms with E-state index in [1.54, 1.807) is 20.9 Å². The molecule has 1 aliphatic heterocycles. The van der Waals surface area contributed by atoms with Gasteiger partial charge in [-0.05, 0) is 13.8 Å². The second-order valence-electron chi connectivity index (χ2n) is 3.84. The number of nitrogens with zero attached hydrogens (tertiary/aromatic N) is 1. The normalized spacial score (nSPS) is 26.6. The molecule has 1 fully saturated rings. The molecule has 2 N–H and O–H groups in total. The van der Waals surface area contributed by atoms with Gasteiger partial charge in [0.15, 0.2) is 0 Å². The molecule has 1 rings (SSSR count). The average Bonchev–Trinajstić information content (AvgIpc) is 2.48. The van der Waals surface area contributed by atoms with Gasteiger partial charge in [-0.3, -0.25) is 0 Å². The first-order valence-corrected chi connectivity index (χ1v) is 4.84. The van der Waals surface area contributed by atoms with E-state index >= 15 is 0 Å². The molecule has 0 aliphatic carbocycles. The highest BCUT2D eigenvalue weighted by atomic mass is 16.6. The lowest BCUT2D eigenvalue weighted by atomic mass is 10.2. The van der Waals surface area contributed by atoms with Crippen molar-refractivity contribution < 1.29 is 14.6 Å². The number of likely N-dealkylation sites (N-methyl/N-ethyl adjacent to an activating group) is 1. The summed E-state index contributed by atoms with van der Waals surface area (Å²) in [6.45, 7) is 4.75. The summed E-state index contributed by atoms with van der Waals surface area (Å²) >= 11 is 0. The van der Waals surface area contributed by atoms with Gasteiger partial charge in [-0.1, -0.05) is 0 Å². The summed E-state index contributed by atoms with van der Waals surface area (Å²) in [7, 11) is 1.64. The van der Waals surface area contributed by atoms with Crippen molar-refractivity contribution in [2.24, 2.45) is 0 Å². The number of hydrogen-bond acceptors (Lipinski definition) is 4. The lowest BCUT2D eigenvalue weighted by Crippen LogP contribution is -2.45. The van der Waals surface area contributed by atoms with Crippen molar-refractivity contribution in [3.05, 3.63) is 0 Å². The molecule has 0 aromatic heterocycles. The second kappa shape index (κ2) is 4.61. The van der Waals surface area contributed by atoms with Crippen molar-refractivity contribution >= 4 is 6.09 Å². The topological polar surface area (TPSA) is 61.8 Å². The van der Waals surface area contributed by atoms with E-state index in [1.165, 1.54) is 4.90 Å². The van der Waals surface area contributed by atoms with Gasteiger partial charge in [0, 0.05) is 20.1 Å². The number of aliphatic hydroxyl groups excluding tert-OH is 1. The van der Waals surface area contributed by atoms with Gasteiger partial charge in [0.25, 0.3) is 0 Å². The van der Waals surface area contributed by atoms with E-state index in [1.807, 2.05) is 0 Å². The zero-order valence-electron chi connectivity index (χ0n) is 8.86. The number of ether oxygens (including phenoxy) is 1. The number of carbonyl (C=O) groups is 1. The smallest absolute Gasteiger partial charge is 0.410 e. The Balaban J connectivity index is 2.47. The van der Waals surface area contributed by atoms with Gasteiger partial charge in [-0.15, -0.1) is 0 Å². The van der Waals surface area contributed by atoms with Crippen LogP contribution in [0.25, 0.3) is 0 Å². The van der Waals surface area contributed by atoms with Crippen LogP contribution in [0.4, 0.5) is 4.79 Å². The molecule has 0 radical (unpaired) electrons. The summed E-state index contributed by atoms with van der Waals surface area (Å²) in [6, 6.07) is -0.179. The minimum atomic E-state index is -0.500. The van der Waals surface area contributed by atoms with Gasteiger partial charge in [0.05, 0.1) is 18.2 Å². The predicted molar refractivity (Wildman–Crippen MR) is 52.0 cm³/mol. The van der Waals surface area contributed by atoms with Crippen LogP contribution in [0, 0.1) is 0 Å². The van der Waals surface area contributed by atoms with Gasteiger partial charge in [-0.2, -0.15) is 0 Å². The van der Waals surface area contributed by atoms with Gasteiger partial charge in [0.2, 0.25) is 0 Å². The Morgan fingerprint density at radius 3 is 2.64 bits per heavy atom. The molecule has 0 spiro atoms. The third-order valence-electron chi connectivity index (χ3n) is 2.27. The molecular formula is C9H18N2O3. The third kappa shape index (κ3) is 2.59. The molecule has 0 saturated carbocycles. The van der Waals surface area contributed by atoms with E-state index in [0.717, 1.165) is 0 Å².